The summed E-state index contributed by atoms with van der Waals surface area (Å²) in [5.74, 6) is 1.18. The number of nitrogens with zero attached hydrogens (tertiary/aromatic N) is 1. The third-order valence-corrected chi connectivity index (χ3v) is 3.31. The van der Waals surface area contributed by atoms with Crippen LogP contribution in [0.3, 0.4) is 0 Å². The fourth-order valence-electron chi connectivity index (χ4n) is 1.24. The Labute approximate surface area is 115 Å². The van der Waals surface area contributed by atoms with E-state index in [0.29, 0.717) is 4.73 Å². The van der Waals surface area contributed by atoms with Crippen LogP contribution in [0.25, 0.3) is 0 Å². The average Bonchev–Trinajstić information content (AvgIpc) is 3.09. The zero-order valence-electron chi connectivity index (χ0n) is 9.95. The Bertz CT molecular complexity index is 587. The monoisotopic (exact) mass is 326 g/mol. The van der Waals surface area contributed by atoms with Crippen molar-refractivity contribution in [2.24, 2.45) is 4.99 Å². The molecule has 0 aromatic carbocycles. The van der Waals surface area contributed by atoms with Crippen LogP contribution in [0.5, 0.6) is 0 Å². The SMILES string of the molecule is C[Se]C(=NC(=O)c1ccco1)NC(=O)c1ccco1. The Morgan fingerprint density at radius 3 is 2.32 bits per heavy atom. The van der Waals surface area contributed by atoms with Crippen LogP contribution in [-0.2, 0) is 0 Å². The van der Waals surface area contributed by atoms with Crippen molar-refractivity contribution in [2.75, 3.05) is 0 Å². The molecule has 2 aromatic rings. The van der Waals surface area contributed by atoms with Gasteiger partial charge in [-0.1, -0.05) is 0 Å². The van der Waals surface area contributed by atoms with Gasteiger partial charge in [0.1, 0.15) is 0 Å². The fraction of sp³-hybridized carbons (Fsp3) is 0.0833. The Hall–Kier alpha value is -2.11. The van der Waals surface area contributed by atoms with Gasteiger partial charge in [-0.15, -0.1) is 0 Å². The summed E-state index contributed by atoms with van der Waals surface area (Å²) in [6.45, 7) is 0. The molecule has 0 bridgehead atoms. The number of rotatable bonds is 3. The van der Waals surface area contributed by atoms with Crippen molar-refractivity contribution in [1.29, 1.82) is 0 Å². The first kappa shape index (κ1) is 13.3. The van der Waals surface area contributed by atoms with Gasteiger partial charge in [0.2, 0.25) is 0 Å². The summed E-state index contributed by atoms with van der Waals surface area (Å²) in [4.78, 5) is 27.3. The van der Waals surface area contributed by atoms with Crippen molar-refractivity contribution in [2.45, 2.75) is 5.82 Å². The molecule has 0 saturated heterocycles. The van der Waals surface area contributed by atoms with E-state index in [1.165, 1.54) is 24.7 Å². The summed E-state index contributed by atoms with van der Waals surface area (Å²) in [5.41, 5.74) is 0. The molecular weight excluding hydrogens is 315 g/mol. The number of amides is 2. The normalized spacial score (nSPS) is 11.3. The van der Waals surface area contributed by atoms with Gasteiger partial charge in [-0.25, -0.2) is 0 Å². The fourth-order valence-corrected chi connectivity index (χ4v) is 2.01. The van der Waals surface area contributed by atoms with E-state index in [4.69, 9.17) is 8.83 Å². The minimum atomic E-state index is -0.525. The van der Waals surface area contributed by atoms with Gasteiger partial charge in [0, 0.05) is 0 Å². The Morgan fingerprint density at radius 2 is 1.79 bits per heavy atom. The van der Waals surface area contributed by atoms with E-state index in [-0.39, 0.29) is 26.5 Å². The van der Waals surface area contributed by atoms with Crippen LogP contribution in [0, 0.1) is 0 Å². The molecule has 19 heavy (non-hydrogen) atoms. The van der Waals surface area contributed by atoms with E-state index in [0.717, 1.165) is 0 Å². The van der Waals surface area contributed by atoms with Gasteiger partial charge in [-0.2, -0.15) is 0 Å². The van der Waals surface area contributed by atoms with Crippen LogP contribution in [0.1, 0.15) is 21.1 Å². The van der Waals surface area contributed by atoms with Crippen LogP contribution in [0.4, 0.5) is 0 Å². The average molecular weight is 325 g/mol. The summed E-state index contributed by atoms with van der Waals surface area (Å²) in [6.07, 6.45) is 2.79. The van der Waals surface area contributed by atoms with Crippen molar-refractivity contribution < 1.29 is 18.4 Å². The number of aliphatic imine (C=N–C) groups is 1. The molecule has 0 fully saturated rings. The molecule has 98 valence electrons. The van der Waals surface area contributed by atoms with Gasteiger partial charge in [0.25, 0.3) is 0 Å². The second kappa shape index (κ2) is 6.17. The molecule has 0 aliphatic rings. The molecule has 2 amide bonds. The van der Waals surface area contributed by atoms with Crippen molar-refractivity contribution in [1.82, 2.24) is 5.32 Å². The van der Waals surface area contributed by atoms with Gasteiger partial charge in [-0.3, -0.25) is 0 Å². The third-order valence-electron chi connectivity index (χ3n) is 2.09. The molecular formula is C12H10N2O4Se. The van der Waals surface area contributed by atoms with Crippen LogP contribution < -0.4 is 5.32 Å². The van der Waals surface area contributed by atoms with E-state index in [1.54, 1.807) is 12.1 Å². The van der Waals surface area contributed by atoms with E-state index in [9.17, 15) is 9.59 Å². The van der Waals surface area contributed by atoms with Crippen LogP contribution in [0.15, 0.2) is 50.6 Å². The summed E-state index contributed by atoms with van der Waals surface area (Å²) >= 11 is -0.148. The Balaban J connectivity index is 2.08. The topological polar surface area (TPSA) is 84.8 Å². The van der Waals surface area contributed by atoms with Gasteiger partial charge in [0.15, 0.2) is 0 Å². The van der Waals surface area contributed by atoms with Gasteiger partial charge >= 0.3 is 114 Å². The quantitative estimate of drug-likeness (QED) is 0.527. The number of carbonyl (C=O) groups excluding carboxylic acids is 2. The molecule has 7 heteroatoms. The minimum absolute atomic E-state index is 0.133. The molecule has 0 saturated carbocycles. The van der Waals surface area contributed by atoms with E-state index >= 15 is 0 Å². The number of hydrogen-bond donors (Lipinski definition) is 1. The zero-order valence-corrected chi connectivity index (χ0v) is 11.7. The maximum atomic E-state index is 11.7. The first-order valence-electron chi connectivity index (χ1n) is 5.26. The Kier molecular flexibility index (Phi) is 4.33. The summed E-state index contributed by atoms with van der Waals surface area (Å²) in [6, 6.07) is 6.25. The van der Waals surface area contributed by atoms with Crippen LogP contribution in [-0.4, -0.2) is 31.5 Å². The van der Waals surface area contributed by atoms with Crippen molar-refractivity contribution >= 4 is 31.5 Å². The van der Waals surface area contributed by atoms with Gasteiger partial charge in [-0.05, 0) is 0 Å². The number of hydrogen-bond acceptors (Lipinski definition) is 4. The predicted molar refractivity (Wildman–Crippen MR) is 68.3 cm³/mol. The molecule has 0 spiro atoms. The Morgan fingerprint density at radius 1 is 1.16 bits per heavy atom. The van der Waals surface area contributed by atoms with Crippen molar-refractivity contribution in [3.63, 3.8) is 0 Å². The van der Waals surface area contributed by atoms with Crippen molar-refractivity contribution in [3.8, 4) is 0 Å². The zero-order chi connectivity index (χ0) is 13.7. The summed E-state index contributed by atoms with van der Waals surface area (Å²) in [5, 5.41) is 2.54. The molecule has 0 radical (unpaired) electrons. The van der Waals surface area contributed by atoms with Crippen LogP contribution >= 0.6 is 0 Å². The second-order valence-corrected chi connectivity index (χ2v) is 5.00. The molecule has 0 aliphatic carbocycles. The number of amidine groups is 1. The molecule has 2 aromatic heterocycles. The van der Waals surface area contributed by atoms with E-state index in [2.05, 4.69) is 10.3 Å². The van der Waals surface area contributed by atoms with Gasteiger partial charge < -0.3 is 0 Å². The first-order valence-corrected chi connectivity index (χ1v) is 7.83. The molecule has 6 nitrogen and oxygen atoms in total. The molecule has 0 aliphatic heterocycles. The number of nitrogens with one attached hydrogen (secondary N) is 1. The standard InChI is InChI=1S/C12H10N2O4Se/c1-19-12(13-10(15)8-4-2-6-17-8)14-11(16)9-5-3-7-18-9/h2-7H,1H3,(H,13,14,15,16). The third kappa shape index (κ3) is 3.43. The first-order chi connectivity index (χ1) is 9.20. The van der Waals surface area contributed by atoms with E-state index < -0.39 is 11.8 Å². The maximum absolute atomic E-state index is 11.7. The number of furan rings is 2. The van der Waals surface area contributed by atoms with Crippen molar-refractivity contribution in [3.05, 3.63) is 48.3 Å². The second-order valence-electron chi connectivity index (χ2n) is 3.33. The van der Waals surface area contributed by atoms with E-state index in [1.807, 2.05) is 5.82 Å². The number of carbonyl (C=O) groups is 2. The van der Waals surface area contributed by atoms with Gasteiger partial charge in [0.05, 0.1) is 0 Å². The van der Waals surface area contributed by atoms with Crippen LogP contribution in [0.2, 0.25) is 5.82 Å². The molecule has 1 N–H and O–H groups in total. The molecule has 0 atom stereocenters. The predicted octanol–water partition coefficient (Wildman–Crippen LogP) is 1.55. The molecule has 2 heterocycles. The summed E-state index contributed by atoms with van der Waals surface area (Å²) < 4.78 is 10.2. The summed E-state index contributed by atoms with van der Waals surface area (Å²) in [7, 11) is 0. The molecule has 0 unspecified atom stereocenters. The molecule has 2 rings (SSSR count).